The van der Waals surface area contributed by atoms with Crippen LogP contribution in [0.3, 0.4) is 0 Å². The highest BCUT2D eigenvalue weighted by Crippen LogP contribution is 2.28. The van der Waals surface area contributed by atoms with Crippen LogP contribution in [0, 0.1) is 5.82 Å². The van der Waals surface area contributed by atoms with E-state index >= 15 is 0 Å². The first-order valence-electron chi connectivity index (χ1n) is 6.27. The molecule has 0 aliphatic heterocycles. The fourth-order valence-electron chi connectivity index (χ4n) is 1.93. The Morgan fingerprint density at radius 3 is 2.67 bits per heavy atom. The van der Waals surface area contributed by atoms with Crippen LogP contribution in [0.2, 0.25) is 0 Å². The molecule has 1 rings (SSSR count). The van der Waals surface area contributed by atoms with Crippen molar-refractivity contribution in [3.05, 3.63) is 29.6 Å². The predicted molar refractivity (Wildman–Crippen MR) is 70.5 cm³/mol. The minimum atomic E-state index is -0.245. The lowest BCUT2D eigenvalue weighted by Crippen LogP contribution is -2.23. The van der Waals surface area contributed by atoms with Gasteiger partial charge in [0.25, 0.3) is 0 Å². The van der Waals surface area contributed by atoms with Gasteiger partial charge in [0.2, 0.25) is 0 Å². The van der Waals surface area contributed by atoms with Gasteiger partial charge < -0.3 is 14.8 Å². The summed E-state index contributed by atoms with van der Waals surface area (Å²) in [5.74, 6) is 0.332. The number of rotatable bonds is 7. The van der Waals surface area contributed by atoms with Crippen LogP contribution in [-0.2, 0) is 4.74 Å². The van der Waals surface area contributed by atoms with Gasteiger partial charge in [-0.3, -0.25) is 0 Å². The van der Waals surface area contributed by atoms with Gasteiger partial charge in [-0.15, -0.1) is 0 Å². The fraction of sp³-hybridized carbons (Fsp3) is 0.571. The van der Waals surface area contributed by atoms with E-state index in [0.717, 1.165) is 6.54 Å². The molecule has 0 aromatic heterocycles. The Morgan fingerprint density at radius 1 is 1.33 bits per heavy atom. The van der Waals surface area contributed by atoms with E-state index in [0.29, 0.717) is 17.9 Å². The molecule has 0 aliphatic carbocycles. The average molecular weight is 255 g/mol. The van der Waals surface area contributed by atoms with E-state index in [1.807, 2.05) is 20.8 Å². The summed E-state index contributed by atoms with van der Waals surface area (Å²) >= 11 is 0. The second kappa shape index (κ2) is 7.34. The quantitative estimate of drug-likeness (QED) is 0.812. The molecule has 1 N–H and O–H groups in total. The largest absolute Gasteiger partial charge is 0.488 e. The third-order valence-electron chi connectivity index (χ3n) is 2.69. The van der Waals surface area contributed by atoms with Crippen molar-refractivity contribution in [2.75, 3.05) is 20.3 Å². The lowest BCUT2D eigenvalue weighted by atomic mass is 10.1. The number of methoxy groups -OCH3 is 1. The lowest BCUT2D eigenvalue weighted by molar-refractivity contribution is 0.0907. The van der Waals surface area contributed by atoms with Gasteiger partial charge in [0, 0.05) is 18.7 Å². The van der Waals surface area contributed by atoms with Crippen LogP contribution < -0.4 is 10.1 Å². The van der Waals surface area contributed by atoms with Crippen molar-refractivity contribution in [2.24, 2.45) is 0 Å². The fourth-order valence-corrected chi connectivity index (χ4v) is 1.93. The molecule has 18 heavy (non-hydrogen) atoms. The Balaban J connectivity index is 2.92. The zero-order valence-electron chi connectivity index (χ0n) is 11.5. The second-order valence-corrected chi connectivity index (χ2v) is 4.31. The standard InChI is InChI=1S/C14H22FNO2/c1-5-16-11(3)14-12(15)7-6-8-13(14)18-10(2)9-17-4/h6-8,10-11,16H,5,9H2,1-4H3. The summed E-state index contributed by atoms with van der Waals surface area (Å²) in [4.78, 5) is 0. The molecular formula is C14H22FNO2. The highest BCUT2D eigenvalue weighted by Gasteiger charge is 2.17. The number of hydrogen-bond acceptors (Lipinski definition) is 3. The third-order valence-corrected chi connectivity index (χ3v) is 2.69. The van der Waals surface area contributed by atoms with Gasteiger partial charge in [0.05, 0.1) is 6.61 Å². The molecule has 3 nitrogen and oxygen atoms in total. The maximum atomic E-state index is 13.9. The summed E-state index contributed by atoms with van der Waals surface area (Å²) in [6.45, 7) is 7.07. The van der Waals surface area contributed by atoms with Crippen molar-refractivity contribution in [1.82, 2.24) is 5.32 Å². The summed E-state index contributed by atoms with van der Waals surface area (Å²) in [5.41, 5.74) is 0.572. The van der Waals surface area contributed by atoms with Gasteiger partial charge in [-0.2, -0.15) is 0 Å². The first kappa shape index (κ1) is 14.9. The molecule has 0 radical (unpaired) electrons. The number of ether oxygens (including phenoxy) is 2. The van der Waals surface area contributed by atoms with Crippen molar-refractivity contribution < 1.29 is 13.9 Å². The van der Waals surface area contributed by atoms with Gasteiger partial charge in [0.1, 0.15) is 17.7 Å². The van der Waals surface area contributed by atoms with Gasteiger partial charge in [-0.25, -0.2) is 4.39 Å². The van der Waals surface area contributed by atoms with Crippen molar-refractivity contribution >= 4 is 0 Å². The molecule has 0 saturated carbocycles. The monoisotopic (exact) mass is 255 g/mol. The summed E-state index contributed by atoms with van der Waals surface area (Å²) in [6.07, 6.45) is -0.107. The molecule has 1 aromatic rings. The maximum absolute atomic E-state index is 13.9. The van der Waals surface area contributed by atoms with Gasteiger partial charge in [-0.05, 0) is 32.5 Å². The Kier molecular flexibility index (Phi) is 6.09. The van der Waals surface area contributed by atoms with E-state index in [9.17, 15) is 4.39 Å². The molecule has 0 saturated heterocycles. The zero-order valence-corrected chi connectivity index (χ0v) is 11.5. The minimum Gasteiger partial charge on any atom is -0.488 e. The molecule has 0 aliphatic rings. The van der Waals surface area contributed by atoms with Crippen molar-refractivity contribution in [3.63, 3.8) is 0 Å². The first-order valence-corrected chi connectivity index (χ1v) is 6.27. The van der Waals surface area contributed by atoms with Crippen LogP contribution in [0.15, 0.2) is 18.2 Å². The zero-order chi connectivity index (χ0) is 13.5. The molecule has 0 bridgehead atoms. The molecule has 102 valence electrons. The van der Waals surface area contributed by atoms with Crippen LogP contribution in [0.4, 0.5) is 4.39 Å². The third kappa shape index (κ3) is 3.96. The van der Waals surface area contributed by atoms with Crippen LogP contribution in [0.25, 0.3) is 0 Å². The van der Waals surface area contributed by atoms with Crippen molar-refractivity contribution in [3.8, 4) is 5.75 Å². The van der Waals surface area contributed by atoms with E-state index in [1.54, 1.807) is 19.2 Å². The van der Waals surface area contributed by atoms with E-state index in [4.69, 9.17) is 9.47 Å². The van der Waals surface area contributed by atoms with Crippen molar-refractivity contribution in [2.45, 2.75) is 32.9 Å². The van der Waals surface area contributed by atoms with Crippen LogP contribution in [0.5, 0.6) is 5.75 Å². The van der Waals surface area contributed by atoms with Crippen LogP contribution in [-0.4, -0.2) is 26.4 Å². The molecule has 0 fully saturated rings. The highest BCUT2D eigenvalue weighted by molar-refractivity contribution is 5.37. The predicted octanol–water partition coefficient (Wildman–Crippen LogP) is 2.91. The Labute approximate surface area is 108 Å². The number of halogens is 1. The normalized spacial score (nSPS) is 14.3. The molecule has 2 unspecified atom stereocenters. The Morgan fingerprint density at radius 2 is 2.06 bits per heavy atom. The van der Waals surface area contributed by atoms with Crippen LogP contribution >= 0.6 is 0 Å². The second-order valence-electron chi connectivity index (χ2n) is 4.31. The molecule has 2 atom stereocenters. The van der Waals surface area contributed by atoms with E-state index in [2.05, 4.69) is 5.32 Å². The van der Waals surface area contributed by atoms with Crippen molar-refractivity contribution in [1.29, 1.82) is 0 Å². The van der Waals surface area contributed by atoms with Gasteiger partial charge >= 0.3 is 0 Å². The maximum Gasteiger partial charge on any atom is 0.131 e. The molecule has 1 aromatic carbocycles. The minimum absolute atomic E-state index is 0.0825. The van der Waals surface area contributed by atoms with Gasteiger partial charge in [-0.1, -0.05) is 13.0 Å². The van der Waals surface area contributed by atoms with E-state index < -0.39 is 0 Å². The van der Waals surface area contributed by atoms with Crippen LogP contribution in [0.1, 0.15) is 32.4 Å². The smallest absolute Gasteiger partial charge is 0.131 e. The summed E-state index contributed by atoms with van der Waals surface area (Å²) in [6, 6.07) is 4.82. The molecule has 0 amide bonds. The topological polar surface area (TPSA) is 30.5 Å². The SMILES string of the molecule is CCNC(C)c1c(F)cccc1OC(C)COC. The van der Waals surface area contributed by atoms with Gasteiger partial charge in [0.15, 0.2) is 0 Å². The molecule has 4 heteroatoms. The number of nitrogens with one attached hydrogen (secondary N) is 1. The first-order chi connectivity index (χ1) is 8.60. The highest BCUT2D eigenvalue weighted by atomic mass is 19.1. The summed E-state index contributed by atoms with van der Waals surface area (Å²) < 4.78 is 24.7. The Hall–Kier alpha value is -1.13. The Bertz CT molecular complexity index is 371. The number of hydrogen-bond donors (Lipinski definition) is 1. The van der Waals surface area contributed by atoms with E-state index in [-0.39, 0.29) is 18.0 Å². The molecular weight excluding hydrogens is 233 g/mol. The average Bonchev–Trinajstić information content (AvgIpc) is 2.29. The molecule has 0 heterocycles. The van der Waals surface area contributed by atoms with E-state index in [1.165, 1.54) is 6.07 Å². The molecule has 0 spiro atoms. The summed E-state index contributed by atoms with van der Waals surface area (Å²) in [7, 11) is 1.62. The summed E-state index contributed by atoms with van der Waals surface area (Å²) in [5, 5.41) is 3.20. The lowest BCUT2D eigenvalue weighted by Gasteiger charge is -2.21. The number of benzene rings is 1.